The van der Waals surface area contributed by atoms with Crippen LogP contribution in [-0.4, -0.2) is 50.6 Å². The van der Waals surface area contributed by atoms with Gasteiger partial charge in [-0.25, -0.2) is 14.4 Å². The van der Waals surface area contributed by atoms with Crippen molar-refractivity contribution in [3.8, 4) is 17.0 Å². The van der Waals surface area contributed by atoms with Crippen molar-refractivity contribution < 1.29 is 37.0 Å². The number of aryl methyl sites for hydroxylation is 1. The van der Waals surface area contributed by atoms with Gasteiger partial charge >= 0.3 is 6.18 Å². The molecule has 1 aliphatic rings. The minimum atomic E-state index is -5.33. The maximum atomic E-state index is 14.5. The Morgan fingerprint density at radius 2 is 1.88 bits per heavy atom. The second-order valence-corrected chi connectivity index (χ2v) is 9.79. The quantitative estimate of drug-likeness (QED) is 0.312. The molecule has 13 heteroatoms. The predicted molar refractivity (Wildman–Crippen MR) is 134 cm³/mol. The van der Waals surface area contributed by atoms with Gasteiger partial charge in [0.1, 0.15) is 40.6 Å². The largest absolute Gasteiger partial charge is 0.489 e. The van der Waals surface area contributed by atoms with E-state index in [0.717, 1.165) is 23.9 Å². The molecule has 4 N–H and O–H groups in total. The molecule has 0 unspecified atom stereocenters. The summed E-state index contributed by atoms with van der Waals surface area (Å²) in [5.41, 5.74) is 0.353. The Bertz CT molecular complexity index is 1650. The van der Waals surface area contributed by atoms with E-state index < -0.39 is 47.1 Å². The molecular formula is C27H23F4N5O4. The second-order valence-electron chi connectivity index (χ2n) is 9.79. The van der Waals surface area contributed by atoms with Crippen LogP contribution in [-0.2, 0) is 15.8 Å². The number of fused-ring (bicyclic) bond motifs is 2. The third-order valence-corrected chi connectivity index (χ3v) is 7.06. The highest BCUT2D eigenvalue weighted by Gasteiger charge is 2.57. The van der Waals surface area contributed by atoms with Gasteiger partial charge in [0.15, 0.2) is 0 Å². The average molecular weight is 558 g/mol. The van der Waals surface area contributed by atoms with E-state index in [-0.39, 0.29) is 34.9 Å². The molecule has 0 saturated carbocycles. The number of carbonyl (C=O) groups is 2. The van der Waals surface area contributed by atoms with Crippen LogP contribution in [0.3, 0.4) is 0 Å². The number of aliphatic hydroxyl groups is 1. The molecule has 4 heterocycles. The third kappa shape index (κ3) is 4.31. The summed E-state index contributed by atoms with van der Waals surface area (Å²) in [7, 11) is 0. The monoisotopic (exact) mass is 557 g/mol. The number of nitrogens with zero attached hydrogens (tertiary/aromatic N) is 3. The standard InChI is InChI=1S/C27H23F4N5O4/c1-14-4-3-5-20-34-18(11-36(14)20)23(37)33-12-26(39,27(29,30)31)19-10-17-22(40-13-25(17,2)24(32)38)21(35-19)15-6-8-16(28)9-7-15/h3-11,39H,12-13H2,1-2H3,(H2,32,38)(H,33,37)/t25-,26-/m0/s1. The molecule has 40 heavy (non-hydrogen) atoms. The van der Waals surface area contributed by atoms with Gasteiger partial charge in [0.25, 0.3) is 5.91 Å². The summed E-state index contributed by atoms with van der Waals surface area (Å²) in [6.45, 7) is 1.54. The van der Waals surface area contributed by atoms with Crippen LogP contribution in [0.4, 0.5) is 17.6 Å². The summed E-state index contributed by atoms with van der Waals surface area (Å²) in [6, 6.07) is 10.7. The number of imidazole rings is 1. The molecular weight excluding hydrogens is 534 g/mol. The highest BCUT2D eigenvalue weighted by atomic mass is 19.4. The van der Waals surface area contributed by atoms with E-state index in [2.05, 4.69) is 15.3 Å². The molecule has 1 aliphatic heterocycles. The fourth-order valence-electron chi connectivity index (χ4n) is 4.50. The molecule has 0 aliphatic carbocycles. The highest BCUT2D eigenvalue weighted by molar-refractivity contribution is 5.93. The van der Waals surface area contributed by atoms with Crippen molar-refractivity contribution >= 4 is 17.5 Å². The van der Waals surface area contributed by atoms with Gasteiger partial charge in [0.2, 0.25) is 11.5 Å². The van der Waals surface area contributed by atoms with Gasteiger partial charge in [-0.05, 0) is 56.3 Å². The molecule has 2 amide bonds. The van der Waals surface area contributed by atoms with Crippen LogP contribution in [0.5, 0.6) is 5.75 Å². The maximum absolute atomic E-state index is 14.5. The summed E-state index contributed by atoms with van der Waals surface area (Å²) in [5.74, 6) is -2.46. The smallest absolute Gasteiger partial charge is 0.424 e. The Hall–Kier alpha value is -4.52. The van der Waals surface area contributed by atoms with Crippen molar-refractivity contribution in [2.24, 2.45) is 5.73 Å². The first kappa shape index (κ1) is 27.1. The zero-order valence-electron chi connectivity index (χ0n) is 21.2. The summed E-state index contributed by atoms with van der Waals surface area (Å²) in [5, 5.41) is 13.2. The van der Waals surface area contributed by atoms with Gasteiger partial charge in [-0.2, -0.15) is 13.2 Å². The van der Waals surface area contributed by atoms with Gasteiger partial charge in [-0.3, -0.25) is 9.59 Å². The van der Waals surface area contributed by atoms with Crippen molar-refractivity contribution in [2.45, 2.75) is 31.0 Å². The number of hydrogen-bond donors (Lipinski definition) is 3. The van der Waals surface area contributed by atoms with Gasteiger partial charge in [-0.1, -0.05) is 6.07 Å². The zero-order valence-corrected chi connectivity index (χ0v) is 21.2. The highest BCUT2D eigenvalue weighted by Crippen LogP contribution is 2.47. The first-order valence-corrected chi connectivity index (χ1v) is 12.0. The molecule has 0 saturated heterocycles. The second kappa shape index (κ2) is 9.30. The van der Waals surface area contributed by atoms with Gasteiger partial charge in [0.05, 0.1) is 12.2 Å². The topological polar surface area (TPSA) is 132 Å². The Labute approximate surface area is 224 Å². The van der Waals surface area contributed by atoms with Crippen LogP contribution in [0.15, 0.2) is 54.7 Å². The molecule has 1 aromatic carbocycles. The average Bonchev–Trinajstić information content (AvgIpc) is 3.50. The SMILES string of the molecule is Cc1cccc2nc(C(=O)NC[C@](O)(c3cc4c(c(-c5ccc(F)cc5)n3)OC[C@]4(C)C(N)=O)C(F)(F)F)cn12. The van der Waals surface area contributed by atoms with Crippen LogP contribution in [0, 0.1) is 12.7 Å². The molecule has 0 radical (unpaired) electrons. The number of primary amides is 1. The number of alkyl halides is 3. The minimum absolute atomic E-state index is 0.0229. The van der Waals surface area contributed by atoms with Crippen LogP contribution in [0.1, 0.15) is 34.4 Å². The van der Waals surface area contributed by atoms with E-state index in [1.165, 1.54) is 25.3 Å². The zero-order chi connectivity index (χ0) is 29.0. The molecule has 3 aromatic heterocycles. The molecule has 9 nitrogen and oxygen atoms in total. The molecule has 0 fully saturated rings. The maximum Gasteiger partial charge on any atom is 0.424 e. The van der Waals surface area contributed by atoms with Gasteiger partial charge in [0, 0.05) is 23.0 Å². The Morgan fingerprint density at radius 3 is 2.50 bits per heavy atom. The number of pyridine rings is 2. The normalized spacial score (nSPS) is 18.2. The first-order valence-electron chi connectivity index (χ1n) is 12.0. The number of nitrogens with one attached hydrogen (secondary N) is 1. The molecule has 0 spiro atoms. The number of benzene rings is 1. The lowest BCUT2D eigenvalue weighted by Gasteiger charge is -2.31. The van der Waals surface area contributed by atoms with Crippen LogP contribution in [0.2, 0.25) is 0 Å². The van der Waals surface area contributed by atoms with Gasteiger partial charge < -0.3 is 25.3 Å². The first-order chi connectivity index (χ1) is 18.7. The van der Waals surface area contributed by atoms with E-state index in [9.17, 15) is 32.3 Å². The molecule has 4 aromatic rings. The molecule has 5 rings (SSSR count). The number of amides is 2. The van der Waals surface area contributed by atoms with E-state index >= 15 is 0 Å². The van der Waals surface area contributed by atoms with Crippen molar-refractivity contribution in [1.29, 1.82) is 0 Å². The predicted octanol–water partition coefficient (Wildman–Crippen LogP) is 3.16. The Morgan fingerprint density at radius 1 is 1.18 bits per heavy atom. The lowest BCUT2D eigenvalue weighted by molar-refractivity contribution is -0.265. The van der Waals surface area contributed by atoms with Crippen molar-refractivity contribution in [3.05, 3.63) is 83.2 Å². The summed E-state index contributed by atoms with van der Waals surface area (Å²) in [6.07, 6.45) is -3.97. The van der Waals surface area contributed by atoms with Gasteiger partial charge in [-0.15, -0.1) is 0 Å². The Kier molecular flexibility index (Phi) is 6.29. The summed E-state index contributed by atoms with van der Waals surface area (Å²) in [4.78, 5) is 33.3. The lowest BCUT2D eigenvalue weighted by Crippen LogP contribution is -2.52. The number of nitrogens with two attached hydrogens (primary N) is 1. The summed E-state index contributed by atoms with van der Waals surface area (Å²) < 4.78 is 64.4. The molecule has 2 atom stereocenters. The van der Waals surface area contributed by atoms with Crippen molar-refractivity contribution in [1.82, 2.24) is 19.7 Å². The number of carbonyl (C=O) groups excluding carboxylic acids is 2. The van der Waals surface area contributed by atoms with E-state index in [0.29, 0.717) is 5.65 Å². The Balaban J connectivity index is 1.59. The number of aromatic nitrogens is 3. The van der Waals surface area contributed by atoms with Crippen molar-refractivity contribution in [2.75, 3.05) is 13.2 Å². The number of ether oxygens (including phenoxy) is 1. The molecule has 0 bridgehead atoms. The minimum Gasteiger partial charge on any atom is -0.489 e. The van der Waals surface area contributed by atoms with Crippen LogP contribution < -0.4 is 15.8 Å². The van der Waals surface area contributed by atoms with Crippen molar-refractivity contribution in [3.63, 3.8) is 0 Å². The van der Waals surface area contributed by atoms with Crippen LogP contribution >= 0.6 is 0 Å². The number of hydrogen-bond acceptors (Lipinski definition) is 6. The fourth-order valence-corrected chi connectivity index (χ4v) is 4.50. The fraction of sp³-hybridized carbons (Fsp3) is 0.259. The summed E-state index contributed by atoms with van der Waals surface area (Å²) >= 11 is 0. The molecule has 208 valence electrons. The van der Waals surface area contributed by atoms with Crippen LogP contribution in [0.25, 0.3) is 16.9 Å². The van der Waals surface area contributed by atoms with E-state index in [1.807, 2.05) is 0 Å². The number of halogens is 4. The lowest BCUT2D eigenvalue weighted by atomic mass is 9.81. The number of rotatable bonds is 6. The third-order valence-electron chi connectivity index (χ3n) is 7.06. The van der Waals surface area contributed by atoms with E-state index in [1.54, 1.807) is 29.5 Å². The van der Waals surface area contributed by atoms with E-state index in [4.69, 9.17) is 10.5 Å².